The van der Waals surface area contributed by atoms with Gasteiger partial charge in [0.25, 0.3) is 0 Å². The standard InChI is InChI=1S/C5H4BrN.C2H7N/c6-5-2-1-3-7-4-5;1-3-2/h1-4H;3H,1-2H3. The van der Waals surface area contributed by atoms with Crippen LogP contribution in [0.3, 0.4) is 0 Å². The van der Waals surface area contributed by atoms with Crippen molar-refractivity contribution in [3.63, 3.8) is 0 Å². The summed E-state index contributed by atoms with van der Waals surface area (Å²) >= 11 is 3.25. The topological polar surface area (TPSA) is 24.9 Å². The minimum atomic E-state index is 1.02. The van der Waals surface area contributed by atoms with Crippen molar-refractivity contribution in [2.75, 3.05) is 14.1 Å². The Morgan fingerprint density at radius 2 is 2.10 bits per heavy atom. The Labute approximate surface area is 69.8 Å². The fourth-order valence-electron chi connectivity index (χ4n) is 0.342. The fourth-order valence-corrected chi connectivity index (χ4v) is 0.613. The van der Waals surface area contributed by atoms with Gasteiger partial charge in [-0.3, -0.25) is 4.98 Å². The van der Waals surface area contributed by atoms with Gasteiger partial charge in [-0.25, -0.2) is 0 Å². The van der Waals surface area contributed by atoms with Crippen molar-refractivity contribution in [2.24, 2.45) is 0 Å². The first-order valence-electron chi connectivity index (χ1n) is 2.95. The van der Waals surface area contributed by atoms with Crippen molar-refractivity contribution in [3.8, 4) is 0 Å². The van der Waals surface area contributed by atoms with Gasteiger partial charge in [-0.1, -0.05) is 0 Å². The Morgan fingerprint density at radius 3 is 2.30 bits per heavy atom. The maximum Gasteiger partial charge on any atom is 0.0410 e. The highest BCUT2D eigenvalue weighted by Gasteiger charge is 1.75. The van der Waals surface area contributed by atoms with E-state index in [1.807, 2.05) is 26.2 Å². The average molecular weight is 203 g/mol. The Bertz CT molecular complexity index is 153. The summed E-state index contributed by atoms with van der Waals surface area (Å²) < 4.78 is 1.02. The zero-order chi connectivity index (χ0) is 7.82. The van der Waals surface area contributed by atoms with E-state index in [-0.39, 0.29) is 0 Å². The van der Waals surface area contributed by atoms with E-state index in [9.17, 15) is 0 Å². The maximum atomic E-state index is 3.84. The first kappa shape index (κ1) is 9.59. The minimum Gasteiger partial charge on any atom is -0.323 e. The molecule has 1 aromatic heterocycles. The van der Waals surface area contributed by atoms with E-state index >= 15 is 0 Å². The molecule has 0 bridgehead atoms. The molecule has 0 spiro atoms. The number of hydrogen-bond donors (Lipinski definition) is 1. The van der Waals surface area contributed by atoms with Crippen LogP contribution in [0, 0.1) is 0 Å². The Morgan fingerprint density at radius 1 is 1.50 bits per heavy atom. The summed E-state index contributed by atoms with van der Waals surface area (Å²) in [5.41, 5.74) is 0. The van der Waals surface area contributed by atoms with Crippen LogP contribution < -0.4 is 5.32 Å². The second-order valence-corrected chi connectivity index (χ2v) is 2.59. The van der Waals surface area contributed by atoms with Gasteiger partial charge in [0.2, 0.25) is 0 Å². The lowest BCUT2D eigenvalue weighted by Gasteiger charge is -1.80. The summed E-state index contributed by atoms with van der Waals surface area (Å²) in [4.78, 5) is 3.84. The van der Waals surface area contributed by atoms with Crippen molar-refractivity contribution in [1.29, 1.82) is 0 Å². The van der Waals surface area contributed by atoms with E-state index < -0.39 is 0 Å². The number of aromatic nitrogens is 1. The van der Waals surface area contributed by atoms with Crippen LogP contribution in [0.5, 0.6) is 0 Å². The quantitative estimate of drug-likeness (QED) is 0.693. The van der Waals surface area contributed by atoms with E-state index in [0.717, 1.165) is 4.47 Å². The molecule has 0 unspecified atom stereocenters. The van der Waals surface area contributed by atoms with Crippen LogP contribution in [0.2, 0.25) is 0 Å². The van der Waals surface area contributed by atoms with Gasteiger partial charge in [0.05, 0.1) is 0 Å². The molecule has 2 nitrogen and oxygen atoms in total. The van der Waals surface area contributed by atoms with E-state index in [2.05, 4.69) is 26.2 Å². The highest BCUT2D eigenvalue weighted by Crippen LogP contribution is 2.02. The molecule has 0 saturated carbocycles. The molecule has 1 heterocycles. The smallest absolute Gasteiger partial charge is 0.0410 e. The van der Waals surface area contributed by atoms with Gasteiger partial charge in [-0.15, -0.1) is 0 Å². The Hall–Kier alpha value is -0.410. The number of nitrogens with zero attached hydrogens (tertiary/aromatic N) is 1. The Balaban J connectivity index is 0.000000236. The van der Waals surface area contributed by atoms with Crippen LogP contribution in [0.4, 0.5) is 0 Å². The lowest BCUT2D eigenvalue weighted by molar-refractivity contribution is 1.02. The summed E-state index contributed by atoms with van der Waals surface area (Å²) in [6, 6.07) is 3.82. The van der Waals surface area contributed by atoms with Gasteiger partial charge >= 0.3 is 0 Å². The summed E-state index contributed by atoms with van der Waals surface area (Å²) in [5, 5.41) is 2.75. The molecular weight excluding hydrogens is 192 g/mol. The highest BCUT2D eigenvalue weighted by atomic mass is 79.9. The molecule has 3 heteroatoms. The molecule has 0 radical (unpaired) electrons. The third kappa shape index (κ3) is 5.72. The first-order chi connectivity index (χ1) is 4.81. The molecule has 0 fully saturated rings. The van der Waals surface area contributed by atoms with E-state index in [1.54, 1.807) is 12.4 Å². The van der Waals surface area contributed by atoms with Gasteiger partial charge in [0, 0.05) is 16.9 Å². The molecule has 0 aromatic carbocycles. The summed E-state index contributed by atoms with van der Waals surface area (Å²) in [7, 11) is 3.75. The monoisotopic (exact) mass is 202 g/mol. The normalized spacial score (nSPS) is 7.90. The Kier molecular flexibility index (Phi) is 6.43. The number of halogens is 1. The van der Waals surface area contributed by atoms with Gasteiger partial charge in [-0.05, 0) is 42.2 Å². The molecule has 1 N–H and O–H groups in total. The third-order valence-corrected chi connectivity index (χ3v) is 1.09. The number of pyridine rings is 1. The van der Waals surface area contributed by atoms with Crippen LogP contribution >= 0.6 is 15.9 Å². The van der Waals surface area contributed by atoms with Crippen LogP contribution in [0.25, 0.3) is 0 Å². The second kappa shape index (κ2) is 6.71. The van der Waals surface area contributed by atoms with Gasteiger partial charge in [0.15, 0.2) is 0 Å². The molecule has 0 saturated heterocycles. The van der Waals surface area contributed by atoms with Crippen molar-refractivity contribution in [2.45, 2.75) is 0 Å². The van der Waals surface area contributed by atoms with Gasteiger partial charge in [0.1, 0.15) is 0 Å². The molecular formula is C7H11BrN2. The fraction of sp³-hybridized carbons (Fsp3) is 0.286. The predicted octanol–water partition coefficient (Wildman–Crippen LogP) is 1.68. The summed E-state index contributed by atoms with van der Waals surface area (Å²) in [6.07, 6.45) is 3.49. The van der Waals surface area contributed by atoms with Crippen molar-refractivity contribution < 1.29 is 0 Å². The molecule has 1 aromatic rings. The zero-order valence-electron chi connectivity index (χ0n) is 6.13. The molecule has 10 heavy (non-hydrogen) atoms. The number of rotatable bonds is 0. The van der Waals surface area contributed by atoms with E-state index in [0.29, 0.717) is 0 Å². The van der Waals surface area contributed by atoms with E-state index in [4.69, 9.17) is 0 Å². The maximum absolute atomic E-state index is 3.84. The molecule has 0 aliphatic heterocycles. The molecule has 56 valence electrons. The SMILES string of the molecule is Brc1cccnc1.CNC. The second-order valence-electron chi connectivity index (χ2n) is 1.67. The summed E-state index contributed by atoms with van der Waals surface area (Å²) in [6.45, 7) is 0. The molecule has 0 amide bonds. The predicted molar refractivity (Wildman–Crippen MR) is 46.9 cm³/mol. The van der Waals surface area contributed by atoms with Crippen molar-refractivity contribution in [1.82, 2.24) is 10.3 Å². The molecule has 0 aliphatic carbocycles. The van der Waals surface area contributed by atoms with Gasteiger partial charge < -0.3 is 5.32 Å². The van der Waals surface area contributed by atoms with Crippen LogP contribution in [0.1, 0.15) is 0 Å². The van der Waals surface area contributed by atoms with Crippen LogP contribution in [-0.2, 0) is 0 Å². The lowest BCUT2D eigenvalue weighted by Crippen LogP contribution is -1.89. The van der Waals surface area contributed by atoms with Crippen LogP contribution in [0.15, 0.2) is 29.0 Å². The molecule has 0 aliphatic rings. The largest absolute Gasteiger partial charge is 0.323 e. The van der Waals surface area contributed by atoms with Gasteiger partial charge in [-0.2, -0.15) is 0 Å². The minimum absolute atomic E-state index is 1.02. The number of hydrogen-bond acceptors (Lipinski definition) is 2. The lowest BCUT2D eigenvalue weighted by atomic mass is 10.5. The third-order valence-electron chi connectivity index (χ3n) is 0.625. The van der Waals surface area contributed by atoms with E-state index in [1.165, 1.54) is 0 Å². The first-order valence-corrected chi connectivity index (χ1v) is 3.74. The zero-order valence-corrected chi connectivity index (χ0v) is 7.72. The van der Waals surface area contributed by atoms with Crippen LogP contribution in [-0.4, -0.2) is 19.1 Å². The highest BCUT2D eigenvalue weighted by molar-refractivity contribution is 9.10. The average Bonchev–Trinajstić information content (AvgIpc) is 1.91. The summed E-state index contributed by atoms with van der Waals surface area (Å²) in [5.74, 6) is 0. The molecule has 0 atom stereocenters. The molecule has 1 rings (SSSR count). The van der Waals surface area contributed by atoms with Crippen molar-refractivity contribution in [3.05, 3.63) is 29.0 Å². The number of nitrogens with one attached hydrogen (secondary N) is 1. The van der Waals surface area contributed by atoms with Crippen molar-refractivity contribution >= 4 is 15.9 Å².